The van der Waals surface area contributed by atoms with Crippen molar-refractivity contribution in [1.82, 2.24) is 5.32 Å². The summed E-state index contributed by atoms with van der Waals surface area (Å²) in [6.45, 7) is 5.00. The van der Waals surface area contributed by atoms with E-state index in [1.807, 2.05) is 20.9 Å². The Kier molecular flexibility index (Phi) is 23.9. The number of thiol groups is 1. The Balaban J connectivity index is 0. The molecule has 0 unspecified atom stereocenters. The Bertz CT molecular complexity index is 15.6. The molecule has 0 aromatic heterocycles. The van der Waals surface area contributed by atoms with E-state index in [-0.39, 0.29) is 0 Å². The van der Waals surface area contributed by atoms with E-state index >= 15 is 0 Å². The van der Waals surface area contributed by atoms with Crippen LogP contribution in [0.15, 0.2) is 0 Å². The van der Waals surface area contributed by atoms with Crippen molar-refractivity contribution < 1.29 is 0 Å². The van der Waals surface area contributed by atoms with Crippen LogP contribution in [-0.2, 0) is 0 Å². The summed E-state index contributed by atoms with van der Waals surface area (Å²) in [6, 6.07) is 0. The van der Waals surface area contributed by atoms with Crippen molar-refractivity contribution in [2.75, 3.05) is 19.3 Å². The topological polar surface area (TPSA) is 12.0 Å². The predicted octanol–water partition coefficient (Wildman–Crippen LogP) is 1.16. The lowest BCUT2D eigenvalue weighted by molar-refractivity contribution is 0.874. The summed E-state index contributed by atoms with van der Waals surface area (Å²) in [5, 5.41) is 2.94. The Morgan fingerprint density at radius 2 is 1.86 bits per heavy atom. The second-order valence-electron chi connectivity index (χ2n) is 0.827. The third kappa shape index (κ3) is 22.0. The molecule has 0 fully saturated rings. The van der Waals surface area contributed by atoms with Gasteiger partial charge in [-0.15, -0.1) is 0 Å². The standard InChI is InChI=1S/C3H9NS.C2H6/c1-4-2-3-5;1-2/h4-5H,2-3H2,1H3;1-2H3. The largest absolute Gasteiger partial charge is 0.319 e. The van der Waals surface area contributed by atoms with Gasteiger partial charge >= 0.3 is 0 Å². The van der Waals surface area contributed by atoms with Crippen molar-refractivity contribution in [1.29, 1.82) is 0 Å². The van der Waals surface area contributed by atoms with Gasteiger partial charge in [0.15, 0.2) is 0 Å². The lowest BCUT2D eigenvalue weighted by Gasteiger charge is -1.84. The Morgan fingerprint density at radius 1 is 1.43 bits per heavy atom. The van der Waals surface area contributed by atoms with Crippen molar-refractivity contribution in [3.8, 4) is 0 Å². The van der Waals surface area contributed by atoms with Crippen LogP contribution >= 0.6 is 12.6 Å². The van der Waals surface area contributed by atoms with Crippen LogP contribution in [0.1, 0.15) is 13.8 Å². The van der Waals surface area contributed by atoms with Crippen molar-refractivity contribution in [2.45, 2.75) is 13.8 Å². The normalized spacial score (nSPS) is 6.86. The van der Waals surface area contributed by atoms with Crippen LogP contribution in [-0.4, -0.2) is 19.3 Å². The van der Waals surface area contributed by atoms with Crippen LogP contribution in [0.2, 0.25) is 0 Å². The fraction of sp³-hybridized carbons (Fsp3) is 1.00. The first-order valence-corrected chi connectivity index (χ1v) is 3.30. The monoisotopic (exact) mass is 121 g/mol. The van der Waals surface area contributed by atoms with E-state index in [9.17, 15) is 0 Å². The van der Waals surface area contributed by atoms with Gasteiger partial charge in [-0.1, -0.05) is 13.8 Å². The van der Waals surface area contributed by atoms with Gasteiger partial charge < -0.3 is 5.32 Å². The van der Waals surface area contributed by atoms with Crippen molar-refractivity contribution in [3.05, 3.63) is 0 Å². The maximum atomic E-state index is 3.94. The second-order valence-corrected chi connectivity index (χ2v) is 1.27. The molecule has 0 saturated heterocycles. The van der Waals surface area contributed by atoms with Gasteiger partial charge in [0.2, 0.25) is 0 Å². The van der Waals surface area contributed by atoms with Gasteiger partial charge in [0.25, 0.3) is 0 Å². The minimum absolute atomic E-state index is 0.927. The zero-order chi connectivity index (χ0) is 6.12. The molecular weight excluding hydrogens is 106 g/mol. The Labute approximate surface area is 51.9 Å². The fourth-order valence-corrected chi connectivity index (χ4v) is 0.335. The van der Waals surface area contributed by atoms with Crippen LogP contribution in [0.5, 0.6) is 0 Å². The summed E-state index contributed by atoms with van der Waals surface area (Å²) in [7, 11) is 1.91. The fourth-order valence-electron chi connectivity index (χ4n) is 0.112. The molecule has 0 amide bonds. The van der Waals surface area contributed by atoms with E-state index < -0.39 is 0 Å². The van der Waals surface area contributed by atoms with E-state index in [4.69, 9.17) is 0 Å². The van der Waals surface area contributed by atoms with Gasteiger partial charge in [0, 0.05) is 12.3 Å². The molecule has 0 radical (unpaired) electrons. The van der Waals surface area contributed by atoms with Crippen molar-refractivity contribution >= 4 is 12.6 Å². The zero-order valence-corrected chi connectivity index (χ0v) is 6.26. The zero-order valence-electron chi connectivity index (χ0n) is 5.36. The van der Waals surface area contributed by atoms with E-state index in [2.05, 4.69) is 17.9 Å². The molecule has 7 heavy (non-hydrogen) atoms. The van der Waals surface area contributed by atoms with Crippen LogP contribution in [0.3, 0.4) is 0 Å². The highest BCUT2D eigenvalue weighted by Gasteiger charge is 1.65. The molecule has 0 aromatic rings. The van der Waals surface area contributed by atoms with E-state index in [0.29, 0.717) is 0 Å². The first-order valence-electron chi connectivity index (χ1n) is 2.67. The summed E-state index contributed by atoms with van der Waals surface area (Å²) in [5.74, 6) is 0.927. The molecular formula is C5H15NS. The molecule has 2 heteroatoms. The molecule has 1 N–H and O–H groups in total. The predicted molar refractivity (Wildman–Crippen MR) is 39.1 cm³/mol. The summed E-state index contributed by atoms with van der Waals surface area (Å²) >= 11 is 3.94. The number of hydrogen-bond acceptors (Lipinski definition) is 2. The number of nitrogens with one attached hydrogen (secondary N) is 1. The van der Waals surface area contributed by atoms with Gasteiger partial charge in [0.1, 0.15) is 0 Å². The van der Waals surface area contributed by atoms with Crippen molar-refractivity contribution in [2.24, 2.45) is 0 Å². The minimum atomic E-state index is 0.927. The Morgan fingerprint density at radius 3 is 1.86 bits per heavy atom. The van der Waals surface area contributed by atoms with Crippen LogP contribution in [0, 0.1) is 0 Å². The molecule has 0 aliphatic carbocycles. The summed E-state index contributed by atoms with van der Waals surface area (Å²) in [5.41, 5.74) is 0. The van der Waals surface area contributed by atoms with Gasteiger partial charge in [-0.05, 0) is 7.05 Å². The molecule has 0 saturated carbocycles. The minimum Gasteiger partial charge on any atom is -0.319 e. The molecule has 0 heterocycles. The smallest absolute Gasteiger partial charge is 0.00367 e. The molecule has 0 bridgehead atoms. The molecule has 0 rings (SSSR count). The maximum Gasteiger partial charge on any atom is 0.00367 e. The van der Waals surface area contributed by atoms with Crippen LogP contribution in [0.25, 0.3) is 0 Å². The molecule has 0 spiro atoms. The third-order valence-corrected chi connectivity index (χ3v) is 0.585. The second kappa shape index (κ2) is 16.2. The van der Waals surface area contributed by atoms with Gasteiger partial charge in [-0.2, -0.15) is 12.6 Å². The summed E-state index contributed by atoms with van der Waals surface area (Å²) in [4.78, 5) is 0. The highest BCUT2D eigenvalue weighted by atomic mass is 32.1. The lowest BCUT2D eigenvalue weighted by atomic mass is 10.8. The molecule has 46 valence electrons. The number of hydrogen-bond donors (Lipinski definition) is 2. The molecule has 1 nitrogen and oxygen atoms in total. The lowest BCUT2D eigenvalue weighted by Crippen LogP contribution is -2.07. The average Bonchev–Trinajstić information content (AvgIpc) is 1.75. The first kappa shape index (κ1) is 10.3. The van der Waals surface area contributed by atoms with Gasteiger partial charge in [-0.3, -0.25) is 0 Å². The summed E-state index contributed by atoms with van der Waals surface area (Å²) in [6.07, 6.45) is 0. The summed E-state index contributed by atoms with van der Waals surface area (Å²) < 4.78 is 0. The molecule has 0 aliphatic heterocycles. The van der Waals surface area contributed by atoms with E-state index in [1.165, 1.54) is 0 Å². The van der Waals surface area contributed by atoms with Gasteiger partial charge in [-0.25, -0.2) is 0 Å². The third-order valence-electron chi connectivity index (χ3n) is 0.362. The number of rotatable bonds is 2. The highest BCUT2D eigenvalue weighted by molar-refractivity contribution is 7.80. The highest BCUT2D eigenvalue weighted by Crippen LogP contribution is 1.62. The first-order chi connectivity index (χ1) is 3.41. The van der Waals surface area contributed by atoms with Crippen LogP contribution in [0.4, 0.5) is 0 Å². The molecule has 0 aliphatic rings. The molecule has 0 atom stereocenters. The van der Waals surface area contributed by atoms with E-state index in [0.717, 1.165) is 12.3 Å². The van der Waals surface area contributed by atoms with E-state index in [1.54, 1.807) is 0 Å². The Hall–Kier alpha value is 0.310. The van der Waals surface area contributed by atoms with Crippen molar-refractivity contribution in [3.63, 3.8) is 0 Å². The molecule has 0 aromatic carbocycles. The SMILES string of the molecule is CC.CNCCS. The average molecular weight is 121 g/mol. The maximum absolute atomic E-state index is 3.94. The van der Waals surface area contributed by atoms with Crippen LogP contribution < -0.4 is 5.32 Å². The quantitative estimate of drug-likeness (QED) is 0.522. The van der Waals surface area contributed by atoms with Gasteiger partial charge in [0.05, 0.1) is 0 Å².